The first-order valence-corrected chi connectivity index (χ1v) is 9.29. The summed E-state index contributed by atoms with van der Waals surface area (Å²) in [6, 6.07) is 4.82. The average molecular weight is 358 g/mol. The Morgan fingerprint density at radius 1 is 1.29 bits per heavy atom. The first-order chi connectivity index (χ1) is 11.3. The van der Waals surface area contributed by atoms with Gasteiger partial charge in [0.05, 0.1) is 26.9 Å². The molecule has 0 unspecified atom stereocenters. The molecule has 1 aliphatic heterocycles. The molecule has 0 radical (unpaired) electrons. The summed E-state index contributed by atoms with van der Waals surface area (Å²) in [5, 5.41) is 0.851. The van der Waals surface area contributed by atoms with Gasteiger partial charge >= 0.3 is 0 Å². The smallest absolute Gasteiger partial charge is 0.221 e. The number of hydrogen-bond donors (Lipinski definition) is 0. The number of benzene rings is 1. The van der Waals surface area contributed by atoms with Crippen molar-refractivity contribution in [1.29, 1.82) is 0 Å². The molecule has 0 aliphatic carbocycles. The van der Waals surface area contributed by atoms with Crippen molar-refractivity contribution in [3.8, 4) is 11.5 Å². The highest BCUT2D eigenvalue weighted by Crippen LogP contribution is 2.42. The minimum absolute atomic E-state index is 0.0981. The Morgan fingerprint density at radius 3 is 2.50 bits per heavy atom. The van der Waals surface area contributed by atoms with Gasteiger partial charge in [-0.05, 0) is 19.9 Å². The van der Waals surface area contributed by atoms with E-state index in [0.717, 1.165) is 5.56 Å². The predicted octanol–water partition coefficient (Wildman–Crippen LogP) is 1.66. The van der Waals surface area contributed by atoms with E-state index in [0.29, 0.717) is 11.5 Å². The van der Waals surface area contributed by atoms with Gasteiger partial charge in [-0.2, -0.15) is 5.06 Å². The fraction of sp³-hybridized carbons (Fsp3) is 0.625. The van der Waals surface area contributed by atoms with E-state index in [9.17, 15) is 8.42 Å². The first-order valence-electron chi connectivity index (χ1n) is 7.79. The SMILES string of the molecule is COc1cccc([C@@H]2[C@H](S(=O)(=O)N(C)C(C)C)CON2C)c1OC. The van der Waals surface area contributed by atoms with Crippen LogP contribution in [-0.4, -0.2) is 64.0 Å². The average Bonchev–Trinajstić information content (AvgIpc) is 2.95. The zero-order chi connectivity index (χ0) is 18.1. The molecule has 7 nitrogen and oxygen atoms in total. The van der Waals surface area contributed by atoms with E-state index in [1.54, 1.807) is 39.4 Å². The highest BCUT2D eigenvalue weighted by Gasteiger charge is 2.46. The van der Waals surface area contributed by atoms with Crippen LogP contribution in [0.3, 0.4) is 0 Å². The molecule has 1 aliphatic rings. The van der Waals surface area contributed by atoms with Gasteiger partial charge < -0.3 is 9.47 Å². The number of methoxy groups -OCH3 is 2. The van der Waals surface area contributed by atoms with Crippen LogP contribution in [0.15, 0.2) is 18.2 Å². The van der Waals surface area contributed by atoms with Gasteiger partial charge in [-0.3, -0.25) is 4.84 Å². The normalized spacial score (nSPS) is 22.3. The molecule has 0 N–H and O–H groups in total. The minimum Gasteiger partial charge on any atom is -0.493 e. The molecule has 0 saturated carbocycles. The van der Waals surface area contributed by atoms with Crippen molar-refractivity contribution in [2.75, 3.05) is 34.9 Å². The van der Waals surface area contributed by atoms with Crippen LogP contribution in [0.2, 0.25) is 0 Å². The summed E-state index contributed by atoms with van der Waals surface area (Å²) in [5.41, 5.74) is 0.725. The van der Waals surface area contributed by atoms with Crippen molar-refractivity contribution in [2.24, 2.45) is 0 Å². The fourth-order valence-corrected chi connectivity index (χ4v) is 4.79. The Labute approximate surface area is 144 Å². The van der Waals surface area contributed by atoms with Crippen molar-refractivity contribution in [2.45, 2.75) is 31.2 Å². The van der Waals surface area contributed by atoms with E-state index < -0.39 is 21.3 Å². The molecule has 0 amide bonds. The fourth-order valence-electron chi connectivity index (χ4n) is 2.89. The van der Waals surface area contributed by atoms with Crippen LogP contribution in [-0.2, 0) is 14.9 Å². The summed E-state index contributed by atoms with van der Waals surface area (Å²) in [7, 11) is 2.88. The molecule has 1 fully saturated rings. The summed E-state index contributed by atoms with van der Waals surface area (Å²) in [4.78, 5) is 5.55. The van der Waals surface area contributed by atoms with E-state index in [1.807, 2.05) is 26.0 Å². The third-order valence-corrected chi connectivity index (χ3v) is 6.83. The zero-order valence-electron chi connectivity index (χ0n) is 15.0. The Balaban J connectivity index is 2.52. The molecule has 0 aromatic heterocycles. The van der Waals surface area contributed by atoms with E-state index in [4.69, 9.17) is 14.3 Å². The van der Waals surface area contributed by atoms with Crippen LogP contribution >= 0.6 is 0 Å². The molecule has 1 heterocycles. The van der Waals surface area contributed by atoms with Crippen LogP contribution in [0, 0.1) is 0 Å². The molecule has 2 atom stereocenters. The highest BCUT2D eigenvalue weighted by atomic mass is 32.2. The zero-order valence-corrected chi connectivity index (χ0v) is 15.8. The lowest BCUT2D eigenvalue weighted by Gasteiger charge is -2.29. The van der Waals surface area contributed by atoms with Gasteiger partial charge in [0.25, 0.3) is 0 Å². The summed E-state index contributed by atoms with van der Waals surface area (Å²) >= 11 is 0. The Bertz CT molecular complexity index is 677. The van der Waals surface area contributed by atoms with Crippen LogP contribution in [0.25, 0.3) is 0 Å². The number of sulfonamides is 1. The van der Waals surface area contributed by atoms with Crippen molar-refractivity contribution in [3.63, 3.8) is 0 Å². The van der Waals surface area contributed by atoms with E-state index in [-0.39, 0.29) is 12.6 Å². The molecule has 0 spiro atoms. The van der Waals surface area contributed by atoms with Crippen LogP contribution < -0.4 is 9.47 Å². The number of hydroxylamine groups is 2. The second kappa shape index (κ2) is 7.26. The first kappa shape index (κ1) is 19.0. The van der Waals surface area contributed by atoms with Crippen LogP contribution in [0.5, 0.6) is 11.5 Å². The van der Waals surface area contributed by atoms with Crippen molar-refractivity contribution in [3.05, 3.63) is 23.8 Å². The second-order valence-electron chi connectivity index (χ2n) is 6.06. The van der Waals surface area contributed by atoms with Gasteiger partial charge in [-0.1, -0.05) is 12.1 Å². The van der Waals surface area contributed by atoms with Gasteiger partial charge in [-0.15, -0.1) is 0 Å². The second-order valence-corrected chi connectivity index (χ2v) is 8.27. The summed E-state index contributed by atoms with van der Waals surface area (Å²) in [6.07, 6.45) is 0. The number of ether oxygens (including phenoxy) is 2. The lowest BCUT2D eigenvalue weighted by molar-refractivity contribution is -0.110. The topological polar surface area (TPSA) is 68.3 Å². The van der Waals surface area contributed by atoms with Crippen molar-refractivity contribution >= 4 is 10.0 Å². The monoisotopic (exact) mass is 358 g/mol. The van der Waals surface area contributed by atoms with E-state index in [1.165, 1.54) is 4.31 Å². The van der Waals surface area contributed by atoms with Gasteiger partial charge in [0, 0.05) is 25.7 Å². The molecule has 1 saturated heterocycles. The Morgan fingerprint density at radius 2 is 1.96 bits per heavy atom. The van der Waals surface area contributed by atoms with Gasteiger partial charge in [0.1, 0.15) is 5.25 Å². The standard InChI is InChI=1S/C16H26N2O5S/c1-11(2)18(4)24(19,20)14-10-23-17(3)15(14)12-8-7-9-13(21-5)16(12)22-6/h7-9,11,14-15H,10H2,1-6H3/t14-,15-/m1/s1. The molecule has 24 heavy (non-hydrogen) atoms. The van der Waals surface area contributed by atoms with Crippen molar-refractivity contribution in [1.82, 2.24) is 9.37 Å². The summed E-state index contributed by atoms with van der Waals surface area (Å²) in [6.45, 7) is 3.79. The van der Waals surface area contributed by atoms with Crippen LogP contribution in [0.4, 0.5) is 0 Å². The summed E-state index contributed by atoms with van der Waals surface area (Å²) in [5.74, 6) is 1.08. The summed E-state index contributed by atoms with van der Waals surface area (Å²) < 4.78 is 38.2. The number of rotatable bonds is 6. The molecule has 0 bridgehead atoms. The lowest BCUT2D eigenvalue weighted by atomic mass is 10.0. The maximum atomic E-state index is 13.0. The molecule has 1 aromatic carbocycles. The van der Waals surface area contributed by atoms with E-state index >= 15 is 0 Å². The molecule has 1 aromatic rings. The lowest BCUT2D eigenvalue weighted by Crippen LogP contribution is -2.43. The number of para-hydroxylation sites is 1. The molecular formula is C16H26N2O5S. The number of nitrogens with zero attached hydrogens (tertiary/aromatic N) is 2. The van der Waals surface area contributed by atoms with Gasteiger partial charge in [0.15, 0.2) is 11.5 Å². The quantitative estimate of drug-likeness (QED) is 0.770. The maximum Gasteiger partial charge on any atom is 0.221 e. The maximum absolute atomic E-state index is 13.0. The third kappa shape index (κ3) is 3.23. The highest BCUT2D eigenvalue weighted by molar-refractivity contribution is 7.89. The minimum atomic E-state index is -3.54. The molecule has 2 rings (SSSR count). The Hall–Kier alpha value is -1.35. The largest absolute Gasteiger partial charge is 0.493 e. The predicted molar refractivity (Wildman–Crippen MR) is 91.6 cm³/mol. The Kier molecular flexibility index (Phi) is 5.74. The third-order valence-electron chi connectivity index (χ3n) is 4.45. The van der Waals surface area contributed by atoms with Crippen molar-refractivity contribution < 1.29 is 22.7 Å². The number of hydrogen-bond acceptors (Lipinski definition) is 6. The molecular weight excluding hydrogens is 332 g/mol. The van der Waals surface area contributed by atoms with Crippen LogP contribution in [0.1, 0.15) is 25.5 Å². The van der Waals surface area contributed by atoms with Gasteiger partial charge in [0.2, 0.25) is 10.0 Å². The molecule has 136 valence electrons. The van der Waals surface area contributed by atoms with Gasteiger partial charge in [-0.25, -0.2) is 12.7 Å². The molecule has 8 heteroatoms. The van der Waals surface area contributed by atoms with E-state index in [2.05, 4.69) is 0 Å².